The largest absolute Gasteiger partial charge is 0.383 e. The molecule has 1 unspecified atom stereocenters. The third-order valence-corrected chi connectivity index (χ3v) is 2.69. The highest BCUT2D eigenvalue weighted by atomic mass is 32.1. The van der Waals surface area contributed by atoms with Crippen LogP contribution in [0.3, 0.4) is 0 Å². The Kier molecular flexibility index (Phi) is 8.83. The topological polar surface area (TPSA) is 58.6 Å². The van der Waals surface area contributed by atoms with Gasteiger partial charge >= 0.3 is 0 Å². The van der Waals surface area contributed by atoms with Crippen LogP contribution >= 0.6 is 12.6 Å². The zero-order valence-corrected chi connectivity index (χ0v) is 12.5. The van der Waals surface area contributed by atoms with Gasteiger partial charge in [-0.25, -0.2) is 0 Å². The molecule has 0 saturated heterocycles. The Labute approximate surface area is 115 Å². The van der Waals surface area contributed by atoms with Crippen molar-refractivity contribution in [3.05, 3.63) is 0 Å². The molecule has 0 aromatic carbocycles. The number of hydrogen-bond acceptors (Lipinski definition) is 4. The fourth-order valence-electron chi connectivity index (χ4n) is 1.58. The molecule has 18 heavy (non-hydrogen) atoms. The highest BCUT2D eigenvalue weighted by Crippen LogP contribution is 2.03. The monoisotopic (exact) mass is 276 g/mol. The van der Waals surface area contributed by atoms with Crippen molar-refractivity contribution in [2.45, 2.75) is 26.8 Å². The van der Waals surface area contributed by atoms with E-state index in [-0.39, 0.29) is 11.8 Å². The van der Waals surface area contributed by atoms with Crippen LogP contribution in [0.25, 0.3) is 0 Å². The van der Waals surface area contributed by atoms with Crippen LogP contribution in [-0.2, 0) is 14.3 Å². The van der Waals surface area contributed by atoms with Gasteiger partial charge in [0.25, 0.3) is 0 Å². The summed E-state index contributed by atoms with van der Waals surface area (Å²) in [4.78, 5) is 25.0. The van der Waals surface area contributed by atoms with Crippen LogP contribution < -0.4 is 5.32 Å². The molecule has 1 atom stereocenters. The molecule has 1 N–H and O–H groups in total. The van der Waals surface area contributed by atoms with E-state index in [2.05, 4.69) is 17.9 Å². The zero-order chi connectivity index (χ0) is 14.1. The maximum Gasteiger partial charge on any atom is 0.246 e. The van der Waals surface area contributed by atoms with Crippen molar-refractivity contribution in [1.82, 2.24) is 10.2 Å². The van der Waals surface area contributed by atoms with Crippen molar-refractivity contribution in [2.24, 2.45) is 5.92 Å². The maximum absolute atomic E-state index is 12.3. The predicted octanol–water partition coefficient (Wildman–Crippen LogP) is 0.552. The third-order valence-electron chi connectivity index (χ3n) is 2.32. The number of ether oxygens (including phenoxy) is 1. The minimum absolute atomic E-state index is 0.106. The number of hydrogen-bond donors (Lipinski definition) is 2. The van der Waals surface area contributed by atoms with Gasteiger partial charge in [-0.2, -0.15) is 12.6 Å². The van der Waals surface area contributed by atoms with E-state index in [1.165, 1.54) is 6.92 Å². The van der Waals surface area contributed by atoms with Gasteiger partial charge in [-0.15, -0.1) is 0 Å². The SMILES string of the molecule is COCCN(CC(C)C)C(=O)C(CS)NC(C)=O. The molecule has 0 saturated carbocycles. The van der Waals surface area contributed by atoms with E-state index in [4.69, 9.17) is 4.74 Å². The second-order valence-corrected chi connectivity index (χ2v) is 4.97. The summed E-state index contributed by atoms with van der Waals surface area (Å²) in [5, 5.41) is 2.61. The molecule has 0 bridgehead atoms. The minimum Gasteiger partial charge on any atom is -0.383 e. The first-order valence-electron chi connectivity index (χ1n) is 6.08. The Hall–Kier alpha value is -0.750. The van der Waals surface area contributed by atoms with E-state index in [0.29, 0.717) is 31.4 Å². The van der Waals surface area contributed by atoms with Gasteiger partial charge in [0, 0.05) is 32.9 Å². The number of methoxy groups -OCH3 is 1. The maximum atomic E-state index is 12.3. The summed E-state index contributed by atoms with van der Waals surface area (Å²) in [5.74, 6) is 0.327. The number of amides is 2. The number of carbonyl (C=O) groups is 2. The van der Waals surface area contributed by atoms with Crippen molar-refractivity contribution >= 4 is 24.4 Å². The molecule has 6 heteroatoms. The average Bonchev–Trinajstić information content (AvgIpc) is 2.29. The van der Waals surface area contributed by atoms with Crippen molar-refractivity contribution in [1.29, 1.82) is 0 Å². The number of rotatable bonds is 8. The zero-order valence-electron chi connectivity index (χ0n) is 11.6. The fourth-order valence-corrected chi connectivity index (χ4v) is 1.83. The lowest BCUT2D eigenvalue weighted by Crippen LogP contribution is -2.50. The summed E-state index contributed by atoms with van der Waals surface area (Å²) in [6, 6.07) is -0.568. The van der Waals surface area contributed by atoms with E-state index in [1.54, 1.807) is 12.0 Å². The fraction of sp³-hybridized carbons (Fsp3) is 0.833. The Bertz CT molecular complexity index is 272. The number of thiol groups is 1. The highest BCUT2D eigenvalue weighted by molar-refractivity contribution is 7.80. The average molecular weight is 276 g/mol. The first-order valence-corrected chi connectivity index (χ1v) is 6.71. The number of carbonyl (C=O) groups excluding carboxylic acids is 2. The lowest BCUT2D eigenvalue weighted by atomic mass is 10.2. The molecule has 0 rings (SSSR count). The lowest BCUT2D eigenvalue weighted by molar-refractivity contribution is -0.136. The highest BCUT2D eigenvalue weighted by Gasteiger charge is 2.24. The molecule has 0 aliphatic heterocycles. The van der Waals surface area contributed by atoms with Crippen LogP contribution in [0.1, 0.15) is 20.8 Å². The molecular weight excluding hydrogens is 252 g/mol. The summed E-state index contributed by atoms with van der Waals surface area (Å²) in [5.41, 5.74) is 0. The van der Waals surface area contributed by atoms with Crippen molar-refractivity contribution < 1.29 is 14.3 Å². The smallest absolute Gasteiger partial charge is 0.246 e. The van der Waals surface area contributed by atoms with E-state index in [9.17, 15) is 9.59 Å². The van der Waals surface area contributed by atoms with Gasteiger partial charge in [0.05, 0.1) is 6.61 Å². The van der Waals surface area contributed by atoms with E-state index < -0.39 is 6.04 Å². The molecule has 0 fully saturated rings. The van der Waals surface area contributed by atoms with Crippen molar-refractivity contribution in [3.63, 3.8) is 0 Å². The van der Waals surface area contributed by atoms with Gasteiger partial charge < -0.3 is 15.0 Å². The summed E-state index contributed by atoms with van der Waals surface area (Å²) < 4.78 is 5.00. The standard InChI is InChI=1S/C12H24N2O3S/c1-9(2)7-14(5-6-17-4)12(16)11(8-18)13-10(3)15/h9,11,18H,5-8H2,1-4H3,(H,13,15). The molecule has 0 spiro atoms. The Morgan fingerprint density at radius 2 is 2.00 bits per heavy atom. The molecule has 0 aromatic heterocycles. The van der Waals surface area contributed by atoms with Crippen LogP contribution in [0.15, 0.2) is 0 Å². The normalized spacial score (nSPS) is 12.3. The predicted molar refractivity (Wildman–Crippen MR) is 74.8 cm³/mol. The number of nitrogens with one attached hydrogen (secondary N) is 1. The van der Waals surface area contributed by atoms with Gasteiger partial charge in [-0.3, -0.25) is 9.59 Å². The van der Waals surface area contributed by atoms with Crippen LogP contribution in [0.2, 0.25) is 0 Å². The quantitative estimate of drug-likeness (QED) is 0.637. The molecular formula is C12H24N2O3S. The molecule has 0 heterocycles. The van der Waals surface area contributed by atoms with Crippen LogP contribution in [0.4, 0.5) is 0 Å². The van der Waals surface area contributed by atoms with Gasteiger partial charge in [-0.05, 0) is 5.92 Å². The van der Waals surface area contributed by atoms with Crippen LogP contribution in [-0.4, -0.2) is 55.3 Å². The lowest BCUT2D eigenvalue weighted by Gasteiger charge is -2.28. The second-order valence-electron chi connectivity index (χ2n) is 4.61. The molecule has 0 aliphatic carbocycles. The molecule has 106 valence electrons. The van der Waals surface area contributed by atoms with Crippen LogP contribution in [0.5, 0.6) is 0 Å². The van der Waals surface area contributed by atoms with Gasteiger partial charge in [0.15, 0.2) is 0 Å². The van der Waals surface area contributed by atoms with Gasteiger partial charge in [-0.1, -0.05) is 13.8 Å². The van der Waals surface area contributed by atoms with E-state index in [0.717, 1.165) is 0 Å². The first kappa shape index (κ1) is 17.2. The van der Waals surface area contributed by atoms with Crippen molar-refractivity contribution in [3.8, 4) is 0 Å². The molecule has 0 aliphatic rings. The molecule has 0 radical (unpaired) electrons. The Morgan fingerprint density at radius 3 is 2.39 bits per heavy atom. The van der Waals surface area contributed by atoms with Crippen molar-refractivity contribution in [2.75, 3.05) is 32.6 Å². The van der Waals surface area contributed by atoms with Gasteiger partial charge in [0.1, 0.15) is 6.04 Å². The summed E-state index contributed by atoms with van der Waals surface area (Å²) in [6.45, 7) is 7.13. The van der Waals surface area contributed by atoms with Crippen LogP contribution in [0, 0.1) is 5.92 Å². The third kappa shape index (κ3) is 6.86. The number of nitrogens with zero attached hydrogens (tertiary/aromatic N) is 1. The van der Waals surface area contributed by atoms with E-state index in [1.807, 2.05) is 13.8 Å². The summed E-state index contributed by atoms with van der Waals surface area (Å²) >= 11 is 4.11. The van der Waals surface area contributed by atoms with E-state index >= 15 is 0 Å². The molecule has 5 nitrogen and oxygen atoms in total. The minimum atomic E-state index is -0.568. The second kappa shape index (κ2) is 9.22. The molecule has 2 amide bonds. The Morgan fingerprint density at radius 1 is 1.39 bits per heavy atom. The first-order chi connectivity index (χ1) is 8.42. The summed E-state index contributed by atoms with van der Waals surface area (Å²) in [7, 11) is 1.60. The Balaban J connectivity index is 4.62. The summed E-state index contributed by atoms with van der Waals surface area (Å²) in [6.07, 6.45) is 0. The molecule has 0 aromatic rings. The van der Waals surface area contributed by atoms with Gasteiger partial charge in [0.2, 0.25) is 11.8 Å².